The summed E-state index contributed by atoms with van der Waals surface area (Å²) in [5, 5.41) is 8.27. The predicted octanol–water partition coefficient (Wildman–Crippen LogP) is 2.72. The number of rotatable bonds is 5. The number of carbonyl (C=O) groups excluding carboxylic acids is 1. The molecule has 0 spiro atoms. The molecule has 3 N–H and O–H groups in total. The molecule has 0 saturated heterocycles. The molecule has 0 aromatic heterocycles. The standard InChI is InChI=1S/C14H13ClN2O3S2/c15-12-3-1-2-4-13(12)21-9-14(18)17-10-5-7-11(8-6-10)22(16,19)20/h1-8H,9H2,(H,17,18)(H2,16,19,20). The first-order valence-corrected chi connectivity index (χ1v) is 9.07. The van der Waals surface area contributed by atoms with Gasteiger partial charge < -0.3 is 5.32 Å². The Morgan fingerprint density at radius 3 is 2.36 bits per heavy atom. The number of amides is 1. The number of sulfonamides is 1. The van der Waals surface area contributed by atoms with Gasteiger partial charge in [-0.3, -0.25) is 4.79 Å². The van der Waals surface area contributed by atoms with Crippen molar-refractivity contribution in [1.82, 2.24) is 0 Å². The number of primary sulfonamides is 1. The van der Waals surface area contributed by atoms with E-state index in [2.05, 4.69) is 5.32 Å². The van der Waals surface area contributed by atoms with E-state index in [1.165, 1.54) is 36.0 Å². The van der Waals surface area contributed by atoms with Gasteiger partial charge in [0.05, 0.1) is 15.7 Å². The zero-order chi connectivity index (χ0) is 16.2. The molecule has 0 atom stereocenters. The molecular formula is C14H13ClN2O3S2. The van der Waals surface area contributed by atoms with E-state index in [0.29, 0.717) is 10.7 Å². The second-order valence-electron chi connectivity index (χ2n) is 4.34. The zero-order valence-electron chi connectivity index (χ0n) is 11.3. The fraction of sp³-hybridized carbons (Fsp3) is 0.0714. The maximum absolute atomic E-state index is 11.9. The summed E-state index contributed by atoms with van der Waals surface area (Å²) >= 11 is 7.33. The SMILES string of the molecule is NS(=O)(=O)c1ccc(NC(=O)CSc2ccccc2Cl)cc1. The van der Waals surface area contributed by atoms with Crippen LogP contribution >= 0.6 is 23.4 Å². The third kappa shape index (κ3) is 4.74. The van der Waals surface area contributed by atoms with Crippen LogP contribution in [-0.4, -0.2) is 20.1 Å². The van der Waals surface area contributed by atoms with E-state index < -0.39 is 10.0 Å². The smallest absolute Gasteiger partial charge is 0.238 e. The molecule has 0 aliphatic carbocycles. The maximum Gasteiger partial charge on any atom is 0.238 e. The summed E-state index contributed by atoms with van der Waals surface area (Å²) < 4.78 is 22.3. The van der Waals surface area contributed by atoms with Gasteiger partial charge in [0.2, 0.25) is 15.9 Å². The molecule has 0 unspecified atom stereocenters. The van der Waals surface area contributed by atoms with Crippen LogP contribution < -0.4 is 10.5 Å². The summed E-state index contributed by atoms with van der Waals surface area (Å²) in [5.74, 6) is -0.0194. The first-order chi connectivity index (χ1) is 10.4. The first-order valence-electron chi connectivity index (χ1n) is 6.16. The second-order valence-corrected chi connectivity index (χ2v) is 7.32. The van der Waals surface area contributed by atoms with Crippen LogP contribution in [0.3, 0.4) is 0 Å². The molecule has 22 heavy (non-hydrogen) atoms. The lowest BCUT2D eigenvalue weighted by Crippen LogP contribution is -2.15. The third-order valence-electron chi connectivity index (χ3n) is 2.66. The molecule has 0 aliphatic heterocycles. The molecule has 0 bridgehead atoms. The summed E-state index contributed by atoms with van der Waals surface area (Å²) in [7, 11) is -3.73. The molecule has 1 amide bonds. The van der Waals surface area contributed by atoms with Crippen LogP contribution in [-0.2, 0) is 14.8 Å². The summed E-state index contributed by atoms with van der Waals surface area (Å²) in [6.45, 7) is 0. The minimum absolute atomic E-state index is 0.00376. The summed E-state index contributed by atoms with van der Waals surface area (Å²) in [6, 6.07) is 12.9. The number of thioether (sulfide) groups is 1. The lowest BCUT2D eigenvalue weighted by molar-refractivity contribution is -0.113. The van der Waals surface area contributed by atoms with Crippen LogP contribution in [0.2, 0.25) is 5.02 Å². The molecule has 5 nitrogen and oxygen atoms in total. The van der Waals surface area contributed by atoms with Crippen LogP contribution in [0.1, 0.15) is 0 Å². The van der Waals surface area contributed by atoms with Crippen LogP contribution in [0.25, 0.3) is 0 Å². The van der Waals surface area contributed by atoms with Crippen molar-refractivity contribution in [2.45, 2.75) is 9.79 Å². The minimum Gasteiger partial charge on any atom is -0.325 e. The van der Waals surface area contributed by atoms with E-state index in [-0.39, 0.29) is 16.6 Å². The van der Waals surface area contributed by atoms with E-state index in [1.54, 1.807) is 6.07 Å². The molecule has 0 heterocycles. The average Bonchev–Trinajstić information content (AvgIpc) is 2.46. The van der Waals surface area contributed by atoms with Gasteiger partial charge in [-0.1, -0.05) is 23.7 Å². The molecule has 116 valence electrons. The second kappa shape index (κ2) is 7.15. The molecule has 0 aliphatic rings. The largest absolute Gasteiger partial charge is 0.325 e. The van der Waals surface area contributed by atoms with Crippen molar-refractivity contribution in [2.75, 3.05) is 11.1 Å². The van der Waals surface area contributed by atoms with E-state index in [4.69, 9.17) is 16.7 Å². The van der Waals surface area contributed by atoms with E-state index in [0.717, 1.165) is 4.90 Å². The highest BCUT2D eigenvalue weighted by Gasteiger charge is 2.09. The Morgan fingerprint density at radius 1 is 1.14 bits per heavy atom. The number of benzene rings is 2. The highest BCUT2D eigenvalue weighted by molar-refractivity contribution is 8.00. The van der Waals surface area contributed by atoms with E-state index in [1.807, 2.05) is 18.2 Å². The van der Waals surface area contributed by atoms with Crippen molar-refractivity contribution in [3.8, 4) is 0 Å². The molecule has 0 fully saturated rings. The number of hydrogen-bond donors (Lipinski definition) is 2. The normalized spacial score (nSPS) is 11.2. The minimum atomic E-state index is -3.73. The molecule has 2 rings (SSSR count). The van der Waals surface area contributed by atoms with Gasteiger partial charge in [-0.2, -0.15) is 0 Å². The van der Waals surface area contributed by atoms with E-state index >= 15 is 0 Å². The fourth-order valence-corrected chi connectivity index (χ4v) is 3.18. The van der Waals surface area contributed by atoms with Crippen LogP contribution in [0.15, 0.2) is 58.3 Å². The van der Waals surface area contributed by atoms with E-state index in [9.17, 15) is 13.2 Å². The molecule has 2 aromatic rings. The van der Waals surface area contributed by atoms with Gasteiger partial charge in [0.15, 0.2) is 0 Å². The number of carbonyl (C=O) groups is 1. The maximum atomic E-state index is 11.9. The number of anilines is 1. The Hall–Kier alpha value is -1.54. The summed E-state index contributed by atoms with van der Waals surface area (Å²) in [6.07, 6.45) is 0. The number of hydrogen-bond acceptors (Lipinski definition) is 4. The molecular weight excluding hydrogens is 344 g/mol. The van der Waals surface area contributed by atoms with Crippen molar-refractivity contribution < 1.29 is 13.2 Å². The predicted molar refractivity (Wildman–Crippen MR) is 88.6 cm³/mol. The Bertz CT molecular complexity index is 777. The number of halogens is 1. The average molecular weight is 357 g/mol. The van der Waals surface area contributed by atoms with Crippen molar-refractivity contribution in [2.24, 2.45) is 5.14 Å². The molecule has 8 heteroatoms. The van der Waals surface area contributed by atoms with Crippen molar-refractivity contribution >= 4 is 45.0 Å². The summed E-state index contributed by atoms with van der Waals surface area (Å²) in [5.41, 5.74) is 0.497. The summed E-state index contributed by atoms with van der Waals surface area (Å²) in [4.78, 5) is 12.7. The highest BCUT2D eigenvalue weighted by atomic mass is 35.5. The molecule has 0 radical (unpaired) electrons. The van der Waals surface area contributed by atoms with Gasteiger partial charge in [0.1, 0.15) is 0 Å². The van der Waals surface area contributed by atoms with Crippen LogP contribution in [0.4, 0.5) is 5.69 Å². The topological polar surface area (TPSA) is 89.3 Å². The molecule has 0 saturated carbocycles. The first kappa shape index (κ1) is 16.8. The van der Waals surface area contributed by atoms with Gasteiger partial charge >= 0.3 is 0 Å². The Morgan fingerprint density at radius 2 is 1.77 bits per heavy atom. The Labute approximate surface area is 137 Å². The lowest BCUT2D eigenvalue weighted by atomic mass is 10.3. The van der Waals surface area contributed by atoms with Gasteiger partial charge in [-0.25, -0.2) is 13.6 Å². The highest BCUT2D eigenvalue weighted by Crippen LogP contribution is 2.26. The fourth-order valence-electron chi connectivity index (χ4n) is 1.63. The van der Waals surface area contributed by atoms with Crippen LogP contribution in [0.5, 0.6) is 0 Å². The number of nitrogens with two attached hydrogens (primary N) is 1. The van der Waals surface area contributed by atoms with Crippen molar-refractivity contribution in [3.63, 3.8) is 0 Å². The third-order valence-corrected chi connectivity index (χ3v) is 5.11. The number of nitrogens with one attached hydrogen (secondary N) is 1. The zero-order valence-corrected chi connectivity index (χ0v) is 13.7. The monoisotopic (exact) mass is 356 g/mol. The van der Waals surface area contributed by atoms with Crippen molar-refractivity contribution in [3.05, 3.63) is 53.6 Å². The Balaban J connectivity index is 1.94. The molecule has 2 aromatic carbocycles. The van der Waals surface area contributed by atoms with Crippen molar-refractivity contribution in [1.29, 1.82) is 0 Å². The van der Waals surface area contributed by atoms with Gasteiger partial charge in [0, 0.05) is 10.6 Å². The Kier molecular flexibility index (Phi) is 5.47. The van der Waals surface area contributed by atoms with Gasteiger partial charge in [-0.15, -0.1) is 11.8 Å². The van der Waals surface area contributed by atoms with Gasteiger partial charge in [-0.05, 0) is 36.4 Å². The lowest BCUT2D eigenvalue weighted by Gasteiger charge is -2.07. The van der Waals surface area contributed by atoms with Gasteiger partial charge in [0.25, 0.3) is 0 Å². The quantitative estimate of drug-likeness (QED) is 0.806. The van der Waals surface area contributed by atoms with Crippen LogP contribution in [0, 0.1) is 0 Å².